The van der Waals surface area contributed by atoms with Gasteiger partial charge in [0.05, 0.1) is 16.7 Å². The number of aromatic amines is 1. The second-order valence-electron chi connectivity index (χ2n) is 10.8. The molecule has 4 heterocycles. The molecule has 0 unspecified atom stereocenters. The summed E-state index contributed by atoms with van der Waals surface area (Å²) in [7, 11) is 2.07. The molecule has 2 aliphatic rings. The fraction of sp³-hybridized carbons (Fsp3) is 0.414. The summed E-state index contributed by atoms with van der Waals surface area (Å²) in [6.07, 6.45) is 0.424. The van der Waals surface area contributed by atoms with E-state index in [1.807, 2.05) is 30.3 Å². The Morgan fingerprint density at radius 3 is 2.61 bits per heavy atom. The lowest BCUT2D eigenvalue weighted by Crippen LogP contribution is -2.49. The Bertz CT molecular complexity index is 1540. The van der Waals surface area contributed by atoms with E-state index in [4.69, 9.17) is 4.98 Å². The van der Waals surface area contributed by atoms with Gasteiger partial charge in [-0.05, 0) is 42.7 Å². The maximum absolute atomic E-state index is 12.6. The zero-order chi connectivity index (χ0) is 28.6. The van der Waals surface area contributed by atoms with E-state index in [1.165, 1.54) is 17.7 Å². The molecule has 1 saturated carbocycles. The minimum absolute atomic E-state index is 0.293. The third kappa shape index (κ3) is 6.64. The van der Waals surface area contributed by atoms with Crippen molar-refractivity contribution in [2.24, 2.45) is 0 Å². The molecule has 2 fully saturated rings. The number of hydrogen-bond donors (Lipinski definition) is 1. The summed E-state index contributed by atoms with van der Waals surface area (Å²) < 4.78 is 37.7. The largest absolute Gasteiger partial charge is 0.397 e. The van der Waals surface area contributed by atoms with Crippen molar-refractivity contribution in [1.82, 2.24) is 34.7 Å². The first-order chi connectivity index (χ1) is 19.7. The fourth-order valence-corrected chi connectivity index (χ4v) is 5.24. The van der Waals surface area contributed by atoms with Gasteiger partial charge < -0.3 is 14.8 Å². The lowest BCUT2D eigenvalue weighted by atomic mass is 10.1. The van der Waals surface area contributed by atoms with Gasteiger partial charge in [0, 0.05) is 75.8 Å². The van der Waals surface area contributed by atoms with E-state index in [-0.39, 0.29) is 0 Å². The minimum Gasteiger partial charge on any atom is -0.357 e. The first-order valence-electron chi connectivity index (χ1n) is 13.7. The monoisotopic (exact) mass is 564 g/mol. The maximum atomic E-state index is 12.6. The normalized spacial score (nSPS) is 16.3. The van der Waals surface area contributed by atoms with Gasteiger partial charge in [-0.3, -0.25) is 14.7 Å². The summed E-state index contributed by atoms with van der Waals surface area (Å²) >= 11 is 0. The Balaban J connectivity index is 1.09. The number of anilines is 1. The van der Waals surface area contributed by atoms with Crippen LogP contribution in [-0.4, -0.2) is 86.1 Å². The smallest absolute Gasteiger partial charge is 0.357 e. The number of nitrogens with one attached hydrogen (secondary N) is 1. The van der Waals surface area contributed by atoms with Gasteiger partial charge >= 0.3 is 6.18 Å². The molecule has 12 heteroatoms. The minimum atomic E-state index is -4.48. The van der Waals surface area contributed by atoms with E-state index in [2.05, 4.69) is 42.8 Å². The molecule has 9 nitrogen and oxygen atoms in total. The van der Waals surface area contributed by atoms with Crippen LogP contribution in [0.3, 0.4) is 0 Å². The molecule has 1 saturated heterocycles. The zero-order valence-corrected chi connectivity index (χ0v) is 22.7. The highest BCUT2D eigenvalue weighted by molar-refractivity contribution is 5.81. The highest BCUT2D eigenvalue weighted by atomic mass is 19.4. The van der Waals surface area contributed by atoms with Crippen LogP contribution in [0.25, 0.3) is 22.3 Å². The molecule has 0 spiro atoms. The summed E-state index contributed by atoms with van der Waals surface area (Å²) in [6.45, 7) is 2.27. The topological polar surface area (TPSA) is 94.1 Å². The number of carbonyl (C=O) groups is 1. The number of hydrogen-bond acceptors (Lipinski definition) is 7. The van der Waals surface area contributed by atoms with Crippen molar-refractivity contribution in [3.05, 3.63) is 66.0 Å². The van der Waals surface area contributed by atoms with Gasteiger partial charge in [0.2, 0.25) is 5.91 Å². The molecule has 0 radical (unpaired) electrons. The second-order valence-corrected chi connectivity index (χ2v) is 10.8. The lowest BCUT2D eigenvalue weighted by Gasteiger charge is -2.35. The van der Waals surface area contributed by atoms with Gasteiger partial charge in [-0.25, -0.2) is 15.0 Å². The van der Waals surface area contributed by atoms with Gasteiger partial charge in [0.15, 0.2) is 0 Å². The van der Waals surface area contributed by atoms with Gasteiger partial charge in [0.25, 0.3) is 0 Å². The van der Waals surface area contributed by atoms with Crippen LogP contribution in [0.5, 0.6) is 0 Å². The number of benzene rings is 1. The van der Waals surface area contributed by atoms with Gasteiger partial charge in [0.1, 0.15) is 24.4 Å². The number of H-pyrrole nitrogens is 1. The number of fused-ring (bicyclic) bond motifs is 1. The third-order valence-electron chi connectivity index (χ3n) is 7.65. The molecule has 1 aliphatic heterocycles. The summed E-state index contributed by atoms with van der Waals surface area (Å²) in [4.78, 5) is 39.1. The second kappa shape index (κ2) is 11.1. The van der Waals surface area contributed by atoms with Crippen LogP contribution >= 0.6 is 0 Å². The zero-order valence-electron chi connectivity index (χ0n) is 22.7. The van der Waals surface area contributed by atoms with Crippen molar-refractivity contribution in [3.63, 3.8) is 0 Å². The summed E-state index contributed by atoms with van der Waals surface area (Å²) in [6, 6.07) is 12.6. The van der Waals surface area contributed by atoms with Crippen molar-refractivity contribution < 1.29 is 18.0 Å². The quantitative estimate of drug-likeness (QED) is 0.343. The lowest BCUT2D eigenvalue weighted by molar-refractivity contribution is -0.162. The van der Waals surface area contributed by atoms with E-state index in [1.54, 1.807) is 12.5 Å². The van der Waals surface area contributed by atoms with E-state index < -0.39 is 18.5 Å². The number of imidazole rings is 1. The van der Waals surface area contributed by atoms with Crippen LogP contribution in [0.1, 0.15) is 36.3 Å². The van der Waals surface area contributed by atoms with Crippen LogP contribution in [0, 0.1) is 0 Å². The summed E-state index contributed by atoms with van der Waals surface area (Å²) in [5, 5.41) is 0. The van der Waals surface area contributed by atoms with Crippen molar-refractivity contribution in [2.45, 2.75) is 44.4 Å². The van der Waals surface area contributed by atoms with Crippen LogP contribution < -0.4 is 4.90 Å². The number of halogens is 3. The number of amides is 1. The predicted molar refractivity (Wildman–Crippen MR) is 148 cm³/mol. The SMILES string of the molecule is CN(c1cc(-c2ccc3nc(Cc4cc(CN5CCN(C(=O)CC(F)(F)F)CC5)ccn4)[nH]c3c2)ncn1)C1CC1. The Labute approximate surface area is 235 Å². The van der Waals surface area contributed by atoms with Crippen molar-refractivity contribution in [3.8, 4) is 11.3 Å². The molecule has 214 valence electrons. The van der Waals surface area contributed by atoms with Crippen LogP contribution in [0.2, 0.25) is 0 Å². The Morgan fingerprint density at radius 1 is 1.05 bits per heavy atom. The number of nitrogens with zero attached hydrogens (tertiary/aromatic N) is 7. The van der Waals surface area contributed by atoms with Gasteiger partial charge in [-0.15, -0.1) is 0 Å². The predicted octanol–water partition coefficient (Wildman–Crippen LogP) is 4.20. The molecule has 0 bridgehead atoms. The first-order valence-corrected chi connectivity index (χ1v) is 13.7. The average molecular weight is 565 g/mol. The molecule has 0 atom stereocenters. The third-order valence-corrected chi connectivity index (χ3v) is 7.65. The molecule has 6 rings (SSSR count). The number of carbonyl (C=O) groups excluding carboxylic acids is 1. The number of alkyl halides is 3. The van der Waals surface area contributed by atoms with E-state index in [0.717, 1.165) is 45.2 Å². The molecule has 1 aliphatic carbocycles. The number of pyridine rings is 1. The number of aromatic nitrogens is 5. The highest BCUT2D eigenvalue weighted by Crippen LogP contribution is 2.31. The molecule has 1 aromatic carbocycles. The Hall–Kier alpha value is -4.06. The Kier molecular flexibility index (Phi) is 7.33. The number of piperazine rings is 1. The van der Waals surface area contributed by atoms with Gasteiger partial charge in [-0.2, -0.15) is 13.2 Å². The van der Waals surface area contributed by atoms with E-state index >= 15 is 0 Å². The standard InChI is InChI=1S/C29H31F3N8O/c1-38(22-3-4-22)27-15-24(34-18-35-27)20-2-5-23-25(13-20)37-26(36-23)14-21-12-19(6-7-33-21)17-39-8-10-40(11-9-39)28(41)16-29(30,31)32/h2,5-7,12-13,15,18,22H,3-4,8-11,14,16-17H2,1H3,(H,36,37). The summed E-state index contributed by atoms with van der Waals surface area (Å²) in [5.41, 5.74) is 5.55. The molecule has 4 aromatic rings. The van der Waals surface area contributed by atoms with E-state index in [9.17, 15) is 18.0 Å². The molecule has 1 amide bonds. The Morgan fingerprint density at radius 2 is 1.85 bits per heavy atom. The maximum Gasteiger partial charge on any atom is 0.397 e. The van der Waals surface area contributed by atoms with Crippen molar-refractivity contribution in [2.75, 3.05) is 38.1 Å². The van der Waals surface area contributed by atoms with Crippen molar-refractivity contribution in [1.29, 1.82) is 0 Å². The highest BCUT2D eigenvalue weighted by Gasteiger charge is 2.34. The molecule has 41 heavy (non-hydrogen) atoms. The van der Waals surface area contributed by atoms with Crippen LogP contribution in [-0.2, 0) is 17.8 Å². The molecular weight excluding hydrogens is 533 g/mol. The summed E-state index contributed by atoms with van der Waals surface area (Å²) in [5.74, 6) is 0.866. The van der Waals surface area contributed by atoms with Crippen LogP contribution in [0.4, 0.5) is 19.0 Å². The van der Waals surface area contributed by atoms with E-state index in [0.29, 0.717) is 45.2 Å². The van der Waals surface area contributed by atoms with Crippen molar-refractivity contribution >= 4 is 22.8 Å². The van der Waals surface area contributed by atoms with Gasteiger partial charge in [-0.1, -0.05) is 6.07 Å². The fourth-order valence-electron chi connectivity index (χ4n) is 5.24. The molecular formula is C29H31F3N8O. The number of rotatable bonds is 8. The first kappa shape index (κ1) is 27.1. The molecule has 1 N–H and O–H groups in total. The molecule has 3 aromatic heterocycles. The van der Waals surface area contributed by atoms with Crippen LogP contribution in [0.15, 0.2) is 48.9 Å². The average Bonchev–Trinajstić information content (AvgIpc) is 3.72.